The second kappa shape index (κ2) is 2.73. The lowest BCUT2D eigenvalue weighted by Crippen LogP contribution is -2.62. The number of rotatable bonds is 0. The lowest BCUT2D eigenvalue weighted by atomic mass is 9.54. The standard InChI is InChI=1S/C15H22O4/c1-7-5-8(16)15-10-11(17)19-9(6-14(7,10)15)13(4,18)12(15,2)3/h7-10,16,18H,5-6H2,1-4H3/t7-,8-,9-,10+,13+,14+,15-/m1/s1. The molecule has 19 heavy (non-hydrogen) atoms. The van der Waals surface area contributed by atoms with Gasteiger partial charge in [0.1, 0.15) is 11.7 Å². The van der Waals surface area contributed by atoms with E-state index in [-0.39, 0.29) is 17.3 Å². The van der Waals surface area contributed by atoms with E-state index in [1.807, 2.05) is 13.8 Å². The highest BCUT2D eigenvalue weighted by molar-refractivity contribution is 5.83. The van der Waals surface area contributed by atoms with Gasteiger partial charge in [0.2, 0.25) is 0 Å². The minimum absolute atomic E-state index is 0.141. The van der Waals surface area contributed by atoms with Crippen molar-refractivity contribution in [2.75, 3.05) is 0 Å². The van der Waals surface area contributed by atoms with E-state index >= 15 is 0 Å². The predicted octanol–water partition coefficient (Wildman–Crippen LogP) is 1.10. The maximum absolute atomic E-state index is 12.3. The molecule has 4 heteroatoms. The number of fused-ring (bicyclic) bond motifs is 1. The van der Waals surface area contributed by atoms with Crippen LogP contribution < -0.4 is 0 Å². The zero-order chi connectivity index (χ0) is 14.0. The molecule has 0 aromatic rings. The Morgan fingerprint density at radius 1 is 1.32 bits per heavy atom. The molecule has 7 atom stereocenters. The first-order chi connectivity index (χ1) is 8.65. The van der Waals surface area contributed by atoms with Crippen LogP contribution in [0.15, 0.2) is 0 Å². The van der Waals surface area contributed by atoms with Crippen molar-refractivity contribution in [3.8, 4) is 0 Å². The average Bonchev–Trinajstić information content (AvgIpc) is 2.89. The van der Waals surface area contributed by atoms with Crippen LogP contribution in [0.1, 0.15) is 40.5 Å². The number of carbonyl (C=O) groups excluding carboxylic acids is 1. The molecule has 3 saturated carbocycles. The van der Waals surface area contributed by atoms with Crippen LogP contribution in [0.3, 0.4) is 0 Å². The third-order valence-electron chi connectivity index (χ3n) is 7.58. The lowest BCUT2D eigenvalue weighted by molar-refractivity contribution is -0.218. The maximum atomic E-state index is 12.3. The number of hydrogen-bond donors (Lipinski definition) is 2. The smallest absolute Gasteiger partial charge is 0.310 e. The highest BCUT2D eigenvalue weighted by atomic mass is 16.6. The molecule has 2 N–H and O–H groups in total. The molecule has 1 spiro atoms. The van der Waals surface area contributed by atoms with Crippen molar-refractivity contribution >= 4 is 5.97 Å². The van der Waals surface area contributed by atoms with Gasteiger partial charge < -0.3 is 14.9 Å². The number of esters is 1. The predicted molar refractivity (Wildman–Crippen MR) is 67.0 cm³/mol. The second-order valence-electron chi connectivity index (χ2n) is 7.90. The van der Waals surface area contributed by atoms with Crippen molar-refractivity contribution < 1.29 is 19.7 Å². The van der Waals surface area contributed by atoms with E-state index in [4.69, 9.17) is 4.74 Å². The Balaban J connectivity index is 2.01. The molecule has 0 aromatic heterocycles. The van der Waals surface area contributed by atoms with Gasteiger partial charge in [-0.05, 0) is 25.7 Å². The third kappa shape index (κ3) is 0.808. The van der Waals surface area contributed by atoms with Crippen LogP contribution in [-0.4, -0.2) is 34.0 Å². The molecular weight excluding hydrogens is 244 g/mol. The first-order valence-electron chi connectivity index (χ1n) is 7.26. The SMILES string of the molecule is C[C@@H]1C[C@@H](O)[C@]23[C@H]4C(=O)O[C@H](C[C@]142)[C@](C)(O)C3(C)C. The van der Waals surface area contributed by atoms with Gasteiger partial charge in [0.15, 0.2) is 0 Å². The van der Waals surface area contributed by atoms with Gasteiger partial charge in [-0.15, -0.1) is 0 Å². The van der Waals surface area contributed by atoms with E-state index in [1.165, 1.54) is 0 Å². The van der Waals surface area contributed by atoms with E-state index in [0.29, 0.717) is 12.3 Å². The summed E-state index contributed by atoms with van der Waals surface area (Å²) in [6.07, 6.45) is 0.490. The largest absolute Gasteiger partial charge is 0.459 e. The number of hydrogen-bond acceptors (Lipinski definition) is 4. The molecule has 4 aliphatic rings. The summed E-state index contributed by atoms with van der Waals surface area (Å²) in [5.41, 5.74) is -2.24. The van der Waals surface area contributed by atoms with Crippen LogP contribution in [-0.2, 0) is 9.53 Å². The molecule has 0 unspecified atom stereocenters. The van der Waals surface area contributed by atoms with E-state index in [2.05, 4.69) is 6.92 Å². The number of aliphatic hydroxyl groups excluding tert-OH is 1. The van der Waals surface area contributed by atoms with Crippen LogP contribution in [0.25, 0.3) is 0 Å². The zero-order valence-corrected chi connectivity index (χ0v) is 11.9. The molecule has 106 valence electrons. The van der Waals surface area contributed by atoms with Crippen molar-refractivity contribution in [1.82, 2.24) is 0 Å². The molecule has 1 saturated heterocycles. The molecule has 1 heterocycles. The fourth-order valence-electron chi connectivity index (χ4n) is 6.44. The van der Waals surface area contributed by atoms with Crippen molar-refractivity contribution in [3.05, 3.63) is 0 Å². The number of ether oxygens (including phenoxy) is 1. The van der Waals surface area contributed by atoms with Crippen LogP contribution in [0, 0.1) is 28.1 Å². The van der Waals surface area contributed by atoms with Crippen LogP contribution in [0.2, 0.25) is 0 Å². The topological polar surface area (TPSA) is 66.8 Å². The molecule has 3 aliphatic carbocycles. The van der Waals surface area contributed by atoms with Gasteiger partial charge in [0, 0.05) is 16.2 Å². The Hall–Kier alpha value is -0.610. The van der Waals surface area contributed by atoms with Gasteiger partial charge in [0.25, 0.3) is 0 Å². The van der Waals surface area contributed by atoms with E-state index in [1.54, 1.807) is 6.92 Å². The fraction of sp³-hybridized carbons (Fsp3) is 0.933. The van der Waals surface area contributed by atoms with Crippen LogP contribution in [0.4, 0.5) is 0 Å². The van der Waals surface area contributed by atoms with Crippen LogP contribution >= 0.6 is 0 Å². The first-order valence-corrected chi connectivity index (χ1v) is 7.26. The molecule has 4 nitrogen and oxygen atoms in total. The van der Waals surface area contributed by atoms with Gasteiger partial charge in [-0.1, -0.05) is 20.8 Å². The Morgan fingerprint density at radius 3 is 2.58 bits per heavy atom. The summed E-state index contributed by atoms with van der Waals surface area (Å²) in [5, 5.41) is 21.6. The molecular formula is C15H22O4. The highest BCUT2D eigenvalue weighted by Crippen LogP contribution is 2.91. The summed E-state index contributed by atoms with van der Waals surface area (Å²) in [5.74, 6) is -0.107. The summed E-state index contributed by atoms with van der Waals surface area (Å²) in [4.78, 5) is 12.3. The van der Waals surface area contributed by atoms with Gasteiger partial charge in [0.05, 0.1) is 12.0 Å². The Kier molecular flexibility index (Phi) is 1.74. The van der Waals surface area contributed by atoms with Gasteiger partial charge in [-0.2, -0.15) is 0 Å². The molecule has 0 radical (unpaired) electrons. The Morgan fingerprint density at radius 2 is 1.95 bits per heavy atom. The average molecular weight is 266 g/mol. The molecule has 0 amide bonds. The normalized spacial score (nSPS) is 64.4. The quantitative estimate of drug-likeness (QED) is 0.644. The lowest BCUT2D eigenvalue weighted by Gasteiger charge is -2.54. The van der Waals surface area contributed by atoms with E-state index in [0.717, 1.165) is 6.42 Å². The summed E-state index contributed by atoms with van der Waals surface area (Å²) >= 11 is 0. The van der Waals surface area contributed by atoms with Gasteiger partial charge in [-0.25, -0.2) is 0 Å². The minimum Gasteiger partial charge on any atom is -0.459 e. The second-order valence-corrected chi connectivity index (χ2v) is 7.90. The number of carbonyl (C=O) groups is 1. The van der Waals surface area contributed by atoms with Crippen LogP contribution in [0.5, 0.6) is 0 Å². The summed E-state index contributed by atoms with van der Waals surface area (Å²) in [6.45, 7) is 7.89. The van der Waals surface area contributed by atoms with Gasteiger partial charge in [-0.3, -0.25) is 4.79 Å². The summed E-state index contributed by atoms with van der Waals surface area (Å²) in [6, 6.07) is 0. The fourth-order valence-corrected chi connectivity index (χ4v) is 6.44. The third-order valence-corrected chi connectivity index (χ3v) is 7.58. The molecule has 2 bridgehead atoms. The van der Waals surface area contributed by atoms with E-state index in [9.17, 15) is 15.0 Å². The Bertz CT molecular complexity index is 496. The number of aliphatic hydroxyl groups is 2. The molecule has 4 rings (SSSR count). The zero-order valence-electron chi connectivity index (χ0n) is 11.9. The maximum Gasteiger partial charge on any atom is 0.310 e. The molecule has 1 aliphatic heterocycles. The van der Waals surface area contributed by atoms with Crippen molar-refractivity contribution in [2.45, 2.75) is 58.3 Å². The monoisotopic (exact) mass is 266 g/mol. The van der Waals surface area contributed by atoms with Crippen molar-refractivity contribution in [2.24, 2.45) is 28.1 Å². The first kappa shape index (κ1) is 12.2. The van der Waals surface area contributed by atoms with Crippen molar-refractivity contribution in [3.63, 3.8) is 0 Å². The summed E-state index contributed by atoms with van der Waals surface area (Å²) in [7, 11) is 0. The van der Waals surface area contributed by atoms with E-state index < -0.39 is 28.6 Å². The Labute approximate surface area is 113 Å². The molecule has 4 fully saturated rings. The van der Waals surface area contributed by atoms with Crippen molar-refractivity contribution in [1.29, 1.82) is 0 Å². The van der Waals surface area contributed by atoms with Gasteiger partial charge >= 0.3 is 5.97 Å². The molecule has 0 aromatic carbocycles. The minimum atomic E-state index is -1.08. The summed E-state index contributed by atoms with van der Waals surface area (Å²) < 4.78 is 5.50. The highest BCUT2D eigenvalue weighted by Gasteiger charge is 2.96.